The van der Waals surface area contributed by atoms with Crippen molar-refractivity contribution < 1.29 is 9.90 Å². The standard InChI is InChI=1S/C11H14N4O3S/c1-5(2)9(10(16)17)19-8-4-7-13-14-11(18)15(7)6(3)12-8/h4-5,9H,1-3H3,(H,14,18)(H,16,17). The minimum absolute atomic E-state index is 0.0257. The number of aromatic nitrogens is 4. The fraction of sp³-hybridized carbons (Fsp3) is 0.455. The van der Waals surface area contributed by atoms with Crippen molar-refractivity contribution in [2.75, 3.05) is 0 Å². The van der Waals surface area contributed by atoms with Crippen LogP contribution in [0.2, 0.25) is 0 Å². The topological polar surface area (TPSA) is 100 Å². The first-order chi connectivity index (χ1) is 8.90. The number of aromatic amines is 1. The fourth-order valence-electron chi connectivity index (χ4n) is 1.73. The highest BCUT2D eigenvalue weighted by atomic mass is 32.2. The quantitative estimate of drug-likeness (QED) is 0.639. The van der Waals surface area contributed by atoms with Crippen LogP contribution in [-0.2, 0) is 4.79 Å². The Kier molecular flexibility index (Phi) is 3.61. The van der Waals surface area contributed by atoms with Crippen LogP contribution in [0.25, 0.3) is 5.65 Å². The molecule has 0 fully saturated rings. The van der Waals surface area contributed by atoms with E-state index in [0.717, 1.165) is 11.8 Å². The lowest BCUT2D eigenvalue weighted by molar-refractivity contribution is -0.137. The third-order valence-electron chi connectivity index (χ3n) is 2.64. The molecule has 2 rings (SSSR count). The smallest absolute Gasteiger partial charge is 0.349 e. The van der Waals surface area contributed by atoms with Gasteiger partial charge in [0.2, 0.25) is 0 Å². The third kappa shape index (κ3) is 2.62. The summed E-state index contributed by atoms with van der Waals surface area (Å²) in [6.07, 6.45) is 0. The summed E-state index contributed by atoms with van der Waals surface area (Å²) in [5.41, 5.74) is 0.0862. The third-order valence-corrected chi connectivity index (χ3v) is 4.09. The normalized spacial score (nSPS) is 13.1. The van der Waals surface area contributed by atoms with E-state index >= 15 is 0 Å². The lowest BCUT2D eigenvalue weighted by Crippen LogP contribution is -2.22. The molecule has 0 saturated carbocycles. The van der Waals surface area contributed by atoms with E-state index in [1.54, 1.807) is 13.0 Å². The van der Waals surface area contributed by atoms with Crippen molar-refractivity contribution in [2.24, 2.45) is 5.92 Å². The maximum atomic E-state index is 11.5. The number of hydrogen-bond acceptors (Lipinski definition) is 5. The summed E-state index contributed by atoms with van der Waals surface area (Å²) in [5, 5.41) is 15.3. The molecular formula is C11H14N4O3S. The number of aryl methyl sites for hydroxylation is 1. The average Bonchev–Trinajstić information content (AvgIpc) is 2.67. The van der Waals surface area contributed by atoms with E-state index in [4.69, 9.17) is 5.11 Å². The van der Waals surface area contributed by atoms with Crippen molar-refractivity contribution in [1.82, 2.24) is 19.6 Å². The molecule has 0 amide bonds. The van der Waals surface area contributed by atoms with Crippen LogP contribution < -0.4 is 5.69 Å². The van der Waals surface area contributed by atoms with E-state index < -0.39 is 11.2 Å². The van der Waals surface area contributed by atoms with E-state index in [2.05, 4.69) is 15.2 Å². The molecule has 1 atom stereocenters. The number of aliphatic carboxylic acids is 1. The zero-order valence-corrected chi connectivity index (χ0v) is 11.6. The summed E-state index contributed by atoms with van der Waals surface area (Å²) in [7, 11) is 0. The number of carbonyl (C=O) groups is 1. The van der Waals surface area contributed by atoms with Gasteiger partial charge in [-0.1, -0.05) is 25.6 Å². The molecule has 2 heterocycles. The summed E-state index contributed by atoms with van der Waals surface area (Å²) in [6, 6.07) is 1.61. The van der Waals surface area contributed by atoms with Gasteiger partial charge in [0.15, 0.2) is 5.65 Å². The van der Waals surface area contributed by atoms with Crippen molar-refractivity contribution in [3.63, 3.8) is 0 Å². The lowest BCUT2D eigenvalue weighted by atomic mass is 10.1. The van der Waals surface area contributed by atoms with Crippen LogP contribution in [-0.4, -0.2) is 35.9 Å². The molecule has 0 aliphatic rings. The number of nitrogens with one attached hydrogen (secondary N) is 1. The maximum absolute atomic E-state index is 11.5. The molecule has 102 valence electrons. The fourth-order valence-corrected chi connectivity index (χ4v) is 2.72. The largest absolute Gasteiger partial charge is 0.480 e. The van der Waals surface area contributed by atoms with Crippen LogP contribution in [0.1, 0.15) is 19.7 Å². The van der Waals surface area contributed by atoms with Crippen LogP contribution in [0, 0.1) is 12.8 Å². The minimum atomic E-state index is -0.876. The van der Waals surface area contributed by atoms with Crippen LogP contribution in [0.3, 0.4) is 0 Å². The Balaban J connectivity index is 2.41. The molecule has 7 nitrogen and oxygen atoms in total. The Bertz CT molecular complexity index is 676. The Morgan fingerprint density at radius 2 is 2.21 bits per heavy atom. The van der Waals surface area contributed by atoms with Gasteiger partial charge in [0.05, 0.1) is 0 Å². The average molecular weight is 282 g/mol. The van der Waals surface area contributed by atoms with Crippen molar-refractivity contribution in [2.45, 2.75) is 31.0 Å². The van der Waals surface area contributed by atoms with E-state index in [0.29, 0.717) is 16.5 Å². The predicted octanol–water partition coefficient (Wildman–Crippen LogP) is 0.927. The number of hydrogen-bond donors (Lipinski definition) is 2. The number of rotatable bonds is 4. The number of carboxylic acids is 1. The second-order valence-corrected chi connectivity index (χ2v) is 5.65. The highest BCUT2D eigenvalue weighted by Crippen LogP contribution is 2.27. The zero-order valence-electron chi connectivity index (χ0n) is 10.7. The molecule has 19 heavy (non-hydrogen) atoms. The molecule has 0 aliphatic carbocycles. The van der Waals surface area contributed by atoms with Gasteiger partial charge in [-0.05, 0) is 12.8 Å². The molecule has 0 bridgehead atoms. The maximum Gasteiger partial charge on any atom is 0.349 e. The number of H-pyrrole nitrogens is 1. The van der Waals surface area contributed by atoms with E-state index in [9.17, 15) is 9.59 Å². The molecule has 8 heteroatoms. The van der Waals surface area contributed by atoms with Crippen LogP contribution in [0.15, 0.2) is 15.9 Å². The van der Waals surface area contributed by atoms with Gasteiger partial charge in [0, 0.05) is 6.07 Å². The Labute approximate surface area is 113 Å². The van der Waals surface area contributed by atoms with Gasteiger partial charge in [0.1, 0.15) is 16.1 Å². The molecule has 0 aliphatic heterocycles. The Morgan fingerprint density at radius 1 is 1.53 bits per heavy atom. The molecule has 0 aromatic carbocycles. The van der Waals surface area contributed by atoms with Crippen molar-refractivity contribution in [1.29, 1.82) is 0 Å². The number of thioether (sulfide) groups is 1. The van der Waals surface area contributed by atoms with Gasteiger partial charge in [-0.2, -0.15) is 5.10 Å². The molecular weight excluding hydrogens is 268 g/mol. The highest BCUT2D eigenvalue weighted by Gasteiger charge is 2.24. The van der Waals surface area contributed by atoms with Gasteiger partial charge in [-0.15, -0.1) is 0 Å². The van der Waals surface area contributed by atoms with Gasteiger partial charge >= 0.3 is 11.7 Å². The number of carboxylic acid groups (broad SMARTS) is 1. The molecule has 0 spiro atoms. The Morgan fingerprint density at radius 3 is 2.79 bits per heavy atom. The van der Waals surface area contributed by atoms with Gasteiger partial charge in [-0.3, -0.25) is 4.79 Å². The van der Waals surface area contributed by atoms with Crippen LogP contribution in [0.5, 0.6) is 0 Å². The lowest BCUT2D eigenvalue weighted by Gasteiger charge is -2.15. The summed E-state index contributed by atoms with van der Waals surface area (Å²) < 4.78 is 1.34. The second kappa shape index (κ2) is 5.04. The zero-order chi connectivity index (χ0) is 14.2. The summed E-state index contributed by atoms with van der Waals surface area (Å²) in [6.45, 7) is 5.37. The van der Waals surface area contributed by atoms with Gasteiger partial charge < -0.3 is 5.11 Å². The van der Waals surface area contributed by atoms with Crippen molar-refractivity contribution in [3.05, 3.63) is 22.4 Å². The molecule has 2 N–H and O–H groups in total. The van der Waals surface area contributed by atoms with Gasteiger partial charge in [-0.25, -0.2) is 19.3 Å². The van der Waals surface area contributed by atoms with Gasteiger partial charge in [0.25, 0.3) is 0 Å². The summed E-state index contributed by atoms with van der Waals surface area (Å²) >= 11 is 1.16. The SMILES string of the molecule is Cc1nc(SC(C(=O)O)C(C)C)cc2n[nH]c(=O)n12. The van der Waals surface area contributed by atoms with Crippen LogP contribution >= 0.6 is 11.8 Å². The number of nitrogens with zero attached hydrogens (tertiary/aromatic N) is 3. The molecule has 1 unspecified atom stereocenters. The molecule has 0 radical (unpaired) electrons. The summed E-state index contributed by atoms with van der Waals surface area (Å²) in [4.78, 5) is 26.9. The number of fused-ring (bicyclic) bond motifs is 1. The van der Waals surface area contributed by atoms with Crippen LogP contribution in [0.4, 0.5) is 0 Å². The van der Waals surface area contributed by atoms with E-state index in [1.165, 1.54) is 4.40 Å². The van der Waals surface area contributed by atoms with Crippen molar-refractivity contribution in [3.8, 4) is 0 Å². The first kappa shape index (κ1) is 13.6. The molecule has 0 saturated heterocycles. The highest BCUT2D eigenvalue weighted by molar-refractivity contribution is 8.00. The minimum Gasteiger partial charge on any atom is -0.480 e. The second-order valence-electron chi connectivity index (χ2n) is 4.48. The predicted molar refractivity (Wildman–Crippen MR) is 70.5 cm³/mol. The van der Waals surface area contributed by atoms with E-state index in [1.807, 2.05) is 13.8 Å². The Hall–Kier alpha value is -1.83. The summed E-state index contributed by atoms with van der Waals surface area (Å²) in [5.74, 6) is -0.424. The first-order valence-electron chi connectivity index (χ1n) is 5.74. The van der Waals surface area contributed by atoms with E-state index in [-0.39, 0.29) is 11.6 Å². The first-order valence-corrected chi connectivity index (χ1v) is 6.62. The molecule has 2 aromatic heterocycles. The molecule has 2 aromatic rings. The monoisotopic (exact) mass is 282 g/mol. The van der Waals surface area contributed by atoms with Crippen molar-refractivity contribution >= 4 is 23.4 Å².